The average molecular weight is 625 g/mol. The van der Waals surface area contributed by atoms with Crippen molar-refractivity contribution in [2.45, 2.75) is 63.6 Å². The molecule has 10 heteroatoms. The topological polar surface area (TPSA) is 108 Å². The molecule has 0 spiro atoms. The Hall–Kier alpha value is -3.63. The summed E-state index contributed by atoms with van der Waals surface area (Å²) in [6.07, 6.45) is 1.38. The predicted octanol–water partition coefficient (Wildman–Crippen LogP) is 5.53. The summed E-state index contributed by atoms with van der Waals surface area (Å²) in [5.74, 6) is 1.10. The van der Waals surface area contributed by atoms with Crippen LogP contribution in [-0.4, -0.2) is 56.9 Å². The molecule has 1 fully saturated rings. The number of hydrogen-bond acceptors (Lipinski definition) is 8. The van der Waals surface area contributed by atoms with Crippen molar-refractivity contribution in [1.29, 1.82) is 0 Å². The Morgan fingerprint density at radius 1 is 1.07 bits per heavy atom. The van der Waals surface area contributed by atoms with Crippen molar-refractivity contribution >= 4 is 15.8 Å². The van der Waals surface area contributed by atoms with Crippen LogP contribution in [0.25, 0.3) is 11.1 Å². The molecule has 1 aliphatic carbocycles. The SMILES string of the molecule is COC(=O)C[C@@H]1COc2cc(O[C@@H]3CCc4c(-c5c(C)cc(OCC6(O)CCS(=O)(=O)CC6)cc5C)ccc(F)c43)ccc21. The number of fused-ring (bicyclic) bond motifs is 2. The number of sulfone groups is 1. The molecule has 0 bridgehead atoms. The van der Waals surface area contributed by atoms with Gasteiger partial charge in [0.05, 0.1) is 31.6 Å². The monoisotopic (exact) mass is 624 g/mol. The Labute approximate surface area is 257 Å². The smallest absolute Gasteiger partial charge is 0.306 e. The van der Waals surface area contributed by atoms with Crippen LogP contribution in [0.15, 0.2) is 42.5 Å². The molecule has 0 saturated carbocycles. The largest absolute Gasteiger partial charge is 0.492 e. The number of carbonyl (C=O) groups is 1. The lowest BCUT2D eigenvalue weighted by Crippen LogP contribution is -2.43. The lowest BCUT2D eigenvalue weighted by Gasteiger charge is -2.31. The van der Waals surface area contributed by atoms with Gasteiger partial charge in [0.25, 0.3) is 0 Å². The van der Waals surface area contributed by atoms with Crippen molar-refractivity contribution in [3.63, 3.8) is 0 Å². The van der Waals surface area contributed by atoms with Crippen molar-refractivity contribution in [2.24, 2.45) is 0 Å². The first-order valence-electron chi connectivity index (χ1n) is 14.9. The molecule has 3 aromatic carbocycles. The summed E-state index contributed by atoms with van der Waals surface area (Å²) in [5.41, 5.74) is 5.09. The molecule has 0 aromatic heterocycles. The van der Waals surface area contributed by atoms with E-state index in [0.29, 0.717) is 42.3 Å². The maximum Gasteiger partial charge on any atom is 0.306 e. The number of hydrogen-bond donors (Lipinski definition) is 1. The molecule has 2 aliphatic heterocycles. The maximum atomic E-state index is 15.4. The molecule has 0 radical (unpaired) electrons. The lowest BCUT2D eigenvalue weighted by atomic mass is 9.90. The van der Waals surface area contributed by atoms with Gasteiger partial charge in [-0.3, -0.25) is 4.79 Å². The maximum absolute atomic E-state index is 15.4. The fourth-order valence-electron chi connectivity index (χ4n) is 6.69. The highest BCUT2D eigenvalue weighted by Gasteiger charge is 2.36. The van der Waals surface area contributed by atoms with E-state index in [1.54, 1.807) is 0 Å². The molecule has 3 aromatic rings. The molecule has 1 N–H and O–H groups in total. The number of aryl methyl sites for hydroxylation is 2. The van der Waals surface area contributed by atoms with Crippen LogP contribution >= 0.6 is 0 Å². The minimum atomic E-state index is -3.10. The minimum absolute atomic E-state index is 0.0192. The van der Waals surface area contributed by atoms with E-state index in [-0.39, 0.29) is 55.1 Å². The summed E-state index contributed by atoms with van der Waals surface area (Å²) in [4.78, 5) is 11.8. The number of ether oxygens (including phenoxy) is 4. The van der Waals surface area contributed by atoms with Crippen LogP contribution < -0.4 is 14.2 Å². The predicted molar refractivity (Wildman–Crippen MR) is 163 cm³/mol. The van der Waals surface area contributed by atoms with E-state index in [2.05, 4.69) is 0 Å². The van der Waals surface area contributed by atoms with E-state index < -0.39 is 21.5 Å². The van der Waals surface area contributed by atoms with E-state index >= 15 is 4.39 Å². The summed E-state index contributed by atoms with van der Waals surface area (Å²) >= 11 is 0. The summed E-state index contributed by atoms with van der Waals surface area (Å²) in [6.45, 7) is 4.37. The van der Waals surface area contributed by atoms with Crippen LogP contribution in [0.3, 0.4) is 0 Å². The van der Waals surface area contributed by atoms with Gasteiger partial charge in [0.1, 0.15) is 41.4 Å². The summed E-state index contributed by atoms with van der Waals surface area (Å²) in [7, 11) is -1.73. The summed E-state index contributed by atoms with van der Waals surface area (Å²) in [5, 5.41) is 10.8. The van der Waals surface area contributed by atoms with E-state index in [4.69, 9.17) is 18.9 Å². The van der Waals surface area contributed by atoms with Crippen LogP contribution in [0.1, 0.15) is 65.5 Å². The zero-order chi connectivity index (χ0) is 31.2. The van der Waals surface area contributed by atoms with Gasteiger partial charge in [0.15, 0.2) is 9.84 Å². The Morgan fingerprint density at radius 2 is 1.80 bits per heavy atom. The number of halogens is 1. The van der Waals surface area contributed by atoms with Gasteiger partial charge in [-0.15, -0.1) is 0 Å². The number of carbonyl (C=O) groups excluding carboxylic acids is 1. The fraction of sp³-hybridized carbons (Fsp3) is 0.441. The quantitative estimate of drug-likeness (QED) is 0.326. The van der Waals surface area contributed by atoms with Crippen molar-refractivity contribution in [3.8, 4) is 28.4 Å². The van der Waals surface area contributed by atoms with Gasteiger partial charge >= 0.3 is 5.97 Å². The molecule has 234 valence electrons. The molecule has 1 saturated heterocycles. The Kier molecular flexibility index (Phi) is 8.09. The van der Waals surface area contributed by atoms with Gasteiger partial charge < -0.3 is 24.1 Å². The van der Waals surface area contributed by atoms with Gasteiger partial charge in [-0.1, -0.05) is 12.1 Å². The van der Waals surface area contributed by atoms with Crippen LogP contribution in [0, 0.1) is 19.7 Å². The molecule has 6 rings (SSSR count). The zero-order valence-corrected chi connectivity index (χ0v) is 26.0. The van der Waals surface area contributed by atoms with Crippen molar-refractivity contribution < 1.29 is 41.7 Å². The van der Waals surface area contributed by atoms with Crippen molar-refractivity contribution in [3.05, 3.63) is 76.1 Å². The second-order valence-corrected chi connectivity index (χ2v) is 14.5. The third-order valence-corrected chi connectivity index (χ3v) is 10.8. The third kappa shape index (κ3) is 6.02. The van der Waals surface area contributed by atoms with Gasteiger partial charge in [-0.05, 0) is 91.6 Å². The zero-order valence-electron chi connectivity index (χ0n) is 25.2. The lowest BCUT2D eigenvalue weighted by molar-refractivity contribution is -0.141. The van der Waals surface area contributed by atoms with Gasteiger partial charge in [-0.25, -0.2) is 12.8 Å². The van der Waals surface area contributed by atoms with Crippen molar-refractivity contribution in [1.82, 2.24) is 0 Å². The van der Waals surface area contributed by atoms with E-state index in [9.17, 15) is 18.3 Å². The van der Waals surface area contributed by atoms with Crippen molar-refractivity contribution in [2.75, 3.05) is 31.8 Å². The van der Waals surface area contributed by atoms with E-state index in [1.807, 2.05) is 50.2 Å². The molecule has 2 heterocycles. The van der Waals surface area contributed by atoms with Crippen LogP contribution in [0.5, 0.6) is 17.2 Å². The molecule has 44 heavy (non-hydrogen) atoms. The summed E-state index contributed by atoms with van der Waals surface area (Å²) in [6, 6.07) is 12.7. The first-order valence-corrected chi connectivity index (χ1v) is 16.8. The number of rotatable bonds is 8. The van der Waals surface area contributed by atoms with E-state index in [1.165, 1.54) is 13.2 Å². The molecule has 8 nitrogen and oxygen atoms in total. The molecular weight excluding hydrogens is 587 g/mol. The Balaban J connectivity index is 1.20. The molecule has 2 atom stereocenters. The standard InChI is InChI=1S/C34H37FO8S/c1-20-14-24(42-19-34(37)10-12-44(38,39)13-11-34)15-21(2)32(20)26-6-8-28(35)33-27(26)7-9-29(33)43-23-4-5-25-22(16-31(36)40-3)18-41-30(25)17-23/h4-6,8,14-15,17,22,29,37H,7,9-13,16,18-19H2,1-3H3/t22-,29-/m1/s1. The Bertz CT molecular complexity index is 1680. The second-order valence-electron chi connectivity index (χ2n) is 12.2. The first kappa shape index (κ1) is 30.4. The molecular formula is C34H37FO8S. The number of methoxy groups -OCH3 is 1. The van der Waals surface area contributed by atoms with E-state index in [0.717, 1.165) is 33.4 Å². The highest BCUT2D eigenvalue weighted by atomic mass is 32.2. The molecule has 3 aliphatic rings. The highest BCUT2D eigenvalue weighted by molar-refractivity contribution is 7.91. The van der Waals surface area contributed by atoms with Crippen LogP contribution in [0.4, 0.5) is 4.39 Å². The number of aliphatic hydroxyl groups is 1. The van der Waals surface area contributed by atoms with Gasteiger partial charge in [-0.2, -0.15) is 0 Å². The highest BCUT2D eigenvalue weighted by Crippen LogP contribution is 2.45. The minimum Gasteiger partial charge on any atom is -0.492 e. The fourth-order valence-corrected chi connectivity index (χ4v) is 8.27. The third-order valence-electron chi connectivity index (χ3n) is 9.11. The van der Waals surface area contributed by atoms with Gasteiger partial charge in [0, 0.05) is 23.1 Å². The van der Waals surface area contributed by atoms with Crippen LogP contribution in [0.2, 0.25) is 0 Å². The van der Waals surface area contributed by atoms with Crippen LogP contribution in [-0.2, 0) is 25.8 Å². The summed E-state index contributed by atoms with van der Waals surface area (Å²) < 4.78 is 61.8. The first-order chi connectivity index (χ1) is 20.9. The number of esters is 1. The molecule has 0 amide bonds. The Morgan fingerprint density at radius 3 is 2.50 bits per heavy atom. The second kappa shape index (κ2) is 11.7. The molecule has 0 unspecified atom stereocenters. The average Bonchev–Trinajstić information content (AvgIpc) is 3.59. The number of benzene rings is 3. The van der Waals surface area contributed by atoms with Gasteiger partial charge in [0.2, 0.25) is 0 Å². The normalized spacial score (nSPS) is 21.2.